The summed E-state index contributed by atoms with van der Waals surface area (Å²) in [7, 11) is -2.99. The Balaban J connectivity index is 2.05. The van der Waals surface area contributed by atoms with Gasteiger partial charge in [-0.2, -0.15) is 0 Å². The van der Waals surface area contributed by atoms with Gasteiger partial charge in [0, 0.05) is 6.04 Å². The molecule has 17 heavy (non-hydrogen) atoms. The lowest BCUT2D eigenvalue weighted by atomic mass is 9.88. The Hall–Kier alpha value is -0.0900. The van der Waals surface area contributed by atoms with E-state index in [1.165, 1.54) is 12.8 Å². The van der Waals surface area contributed by atoms with E-state index < -0.39 is 9.84 Å². The second-order valence-corrected chi connectivity index (χ2v) is 8.84. The van der Waals surface area contributed by atoms with E-state index in [4.69, 9.17) is 5.73 Å². The second kappa shape index (κ2) is 4.54. The molecule has 2 N–H and O–H groups in total. The zero-order chi connectivity index (χ0) is 12.7. The first-order valence-corrected chi connectivity index (χ1v) is 8.52. The molecule has 2 unspecified atom stereocenters. The van der Waals surface area contributed by atoms with Gasteiger partial charge in [0.15, 0.2) is 9.84 Å². The molecule has 2 aliphatic carbocycles. The summed E-state index contributed by atoms with van der Waals surface area (Å²) in [5.74, 6) is 0.775. The first-order chi connectivity index (χ1) is 7.83. The van der Waals surface area contributed by atoms with Crippen LogP contribution in [-0.2, 0) is 9.84 Å². The second-order valence-electron chi connectivity index (χ2n) is 6.57. The quantitative estimate of drug-likeness (QED) is 0.844. The Morgan fingerprint density at radius 1 is 1.18 bits per heavy atom. The molecule has 3 nitrogen and oxygen atoms in total. The molecule has 4 heteroatoms. The Kier molecular flexibility index (Phi) is 3.56. The molecule has 2 aliphatic rings. The molecule has 2 fully saturated rings. The van der Waals surface area contributed by atoms with E-state index in [-0.39, 0.29) is 16.7 Å². The number of hydrogen-bond acceptors (Lipinski definition) is 3. The maximum absolute atomic E-state index is 12.4. The van der Waals surface area contributed by atoms with E-state index >= 15 is 0 Å². The van der Waals surface area contributed by atoms with Gasteiger partial charge in [-0.3, -0.25) is 0 Å². The third-order valence-electron chi connectivity index (χ3n) is 4.78. The zero-order valence-corrected chi connectivity index (χ0v) is 11.8. The zero-order valence-electron chi connectivity index (χ0n) is 11.0. The van der Waals surface area contributed by atoms with Crippen molar-refractivity contribution in [3.63, 3.8) is 0 Å². The highest BCUT2D eigenvalue weighted by Crippen LogP contribution is 2.40. The Bertz CT molecular complexity index is 369. The molecule has 2 saturated carbocycles. The van der Waals surface area contributed by atoms with Crippen LogP contribution in [0.5, 0.6) is 0 Å². The molecule has 0 spiro atoms. The molecule has 0 aromatic carbocycles. The maximum Gasteiger partial charge on any atom is 0.154 e. The molecule has 2 rings (SSSR count). The lowest BCUT2D eigenvalue weighted by Crippen LogP contribution is -2.44. The topological polar surface area (TPSA) is 60.2 Å². The summed E-state index contributed by atoms with van der Waals surface area (Å²) in [6, 6.07) is -0.186. The SMILES string of the molecule is CC1(C)CCC(S(=O)(=O)CC2CCCC2)C1N. The first kappa shape index (κ1) is 13.3. The van der Waals surface area contributed by atoms with Crippen molar-refractivity contribution in [2.75, 3.05) is 5.75 Å². The molecule has 0 radical (unpaired) electrons. The van der Waals surface area contributed by atoms with Crippen molar-refractivity contribution in [3.05, 3.63) is 0 Å². The van der Waals surface area contributed by atoms with Crippen LogP contribution in [0.4, 0.5) is 0 Å². The van der Waals surface area contributed by atoms with Gasteiger partial charge in [0.1, 0.15) is 0 Å². The van der Waals surface area contributed by atoms with Crippen LogP contribution in [0.15, 0.2) is 0 Å². The van der Waals surface area contributed by atoms with E-state index in [1.54, 1.807) is 0 Å². The average molecular weight is 259 g/mol. The van der Waals surface area contributed by atoms with Crippen molar-refractivity contribution in [1.82, 2.24) is 0 Å². The monoisotopic (exact) mass is 259 g/mol. The summed E-state index contributed by atoms with van der Waals surface area (Å²) < 4.78 is 24.8. The number of hydrogen-bond donors (Lipinski definition) is 1. The van der Waals surface area contributed by atoms with Gasteiger partial charge in [-0.1, -0.05) is 26.7 Å². The van der Waals surface area contributed by atoms with Gasteiger partial charge in [-0.25, -0.2) is 8.42 Å². The molecule has 0 amide bonds. The largest absolute Gasteiger partial charge is 0.326 e. The van der Waals surface area contributed by atoms with Crippen LogP contribution >= 0.6 is 0 Å². The molecule has 2 atom stereocenters. The number of sulfone groups is 1. The smallest absolute Gasteiger partial charge is 0.154 e. The van der Waals surface area contributed by atoms with Gasteiger partial charge in [0.05, 0.1) is 11.0 Å². The highest BCUT2D eigenvalue weighted by molar-refractivity contribution is 7.92. The van der Waals surface area contributed by atoms with Gasteiger partial charge in [-0.15, -0.1) is 0 Å². The summed E-state index contributed by atoms with van der Waals surface area (Å²) in [6.45, 7) is 4.17. The Morgan fingerprint density at radius 2 is 1.76 bits per heavy atom. The molecule has 0 aromatic heterocycles. The Labute approximate surface area is 105 Å². The predicted octanol–water partition coefficient (Wildman–Crippen LogP) is 2.11. The lowest BCUT2D eigenvalue weighted by Gasteiger charge is -2.27. The number of rotatable bonds is 3. The van der Waals surface area contributed by atoms with E-state index in [9.17, 15) is 8.42 Å². The standard InChI is InChI=1S/C13H25NO2S/c1-13(2)8-7-11(12(13)14)17(15,16)9-10-5-3-4-6-10/h10-12H,3-9,14H2,1-2H3. The predicted molar refractivity (Wildman–Crippen MR) is 70.5 cm³/mol. The molecule has 0 heterocycles. The molecule has 0 bridgehead atoms. The average Bonchev–Trinajstić information content (AvgIpc) is 2.76. The maximum atomic E-state index is 12.4. The molecule has 0 saturated heterocycles. The highest BCUT2D eigenvalue weighted by Gasteiger charge is 2.46. The number of nitrogens with two attached hydrogens (primary N) is 1. The Morgan fingerprint density at radius 3 is 2.24 bits per heavy atom. The van der Waals surface area contributed by atoms with Crippen molar-refractivity contribution in [1.29, 1.82) is 0 Å². The van der Waals surface area contributed by atoms with Gasteiger partial charge < -0.3 is 5.73 Å². The van der Waals surface area contributed by atoms with Crippen molar-refractivity contribution in [3.8, 4) is 0 Å². The molecular formula is C13H25NO2S. The van der Waals surface area contributed by atoms with Gasteiger partial charge >= 0.3 is 0 Å². The normalized spacial score (nSPS) is 34.3. The molecule has 100 valence electrons. The first-order valence-electron chi connectivity index (χ1n) is 6.80. The summed E-state index contributed by atoms with van der Waals surface area (Å²) >= 11 is 0. The minimum atomic E-state index is -2.99. The summed E-state index contributed by atoms with van der Waals surface area (Å²) in [5.41, 5.74) is 6.12. The fourth-order valence-electron chi connectivity index (χ4n) is 3.40. The third kappa shape index (κ3) is 2.68. The fourth-order valence-corrected chi connectivity index (χ4v) is 5.93. The third-order valence-corrected chi connectivity index (χ3v) is 7.17. The summed E-state index contributed by atoms with van der Waals surface area (Å²) in [6.07, 6.45) is 6.26. The van der Waals surface area contributed by atoms with E-state index in [1.807, 2.05) is 0 Å². The molecule has 0 aromatic rings. The van der Waals surface area contributed by atoms with Crippen molar-refractivity contribution >= 4 is 9.84 Å². The van der Waals surface area contributed by atoms with Crippen molar-refractivity contribution in [2.24, 2.45) is 17.1 Å². The van der Waals surface area contributed by atoms with Crippen molar-refractivity contribution < 1.29 is 8.42 Å². The van der Waals surface area contributed by atoms with Crippen LogP contribution < -0.4 is 5.73 Å². The molecule has 0 aliphatic heterocycles. The highest BCUT2D eigenvalue weighted by atomic mass is 32.2. The molecular weight excluding hydrogens is 234 g/mol. The van der Waals surface area contributed by atoms with Crippen LogP contribution in [0.3, 0.4) is 0 Å². The van der Waals surface area contributed by atoms with E-state index in [0.29, 0.717) is 11.7 Å². The van der Waals surface area contributed by atoms with Crippen LogP contribution in [0, 0.1) is 11.3 Å². The van der Waals surface area contributed by atoms with E-state index in [2.05, 4.69) is 13.8 Å². The minimum Gasteiger partial charge on any atom is -0.326 e. The van der Waals surface area contributed by atoms with Crippen LogP contribution in [-0.4, -0.2) is 25.5 Å². The van der Waals surface area contributed by atoms with Crippen LogP contribution in [0.1, 0.15) is 52.4 Å². The van der Waals surface area contributed by atoms with Gasteiger partial charge in [0.2, 0.25) is 0 Å². The summed E-state index contributed by atoms with van der Waals surface area (Å²) in [4.78, 5) is 0. The van der Waals surface area contributed by atoms with Crippen molar-refractivity contribution in [2.45, 2.75) is 63.7 Å². The van der Waals surface area contributed by atoms with Gasteiger partial charge in [-0.05, 0) is 37.0 Å². The van der Waals surface area contributed by atoms with Gasteiger partial charge in [0.25, 0.3) is 0 Å². The van der Waals surface area contributed by atoms with Crippen LogP contribution in [0.25, 0.3) is 0 Å². The minimum absolute atomic E-state index is 0.0204. The summed E-state index contributed by atoms with van der Waals surface area (Å²) in [5, 5.41) is -0.293. The fraction of sp³-hybridized carbons (Fsp3) is 1.00. The lowest BCUT2D eigenvalue weighted by molar-refractivity contribution is 0.332. The van der Waals surface area contributed by atoms with E-state index in [0.717, 1.165) is 25.7 Å². The van der Waals surface area contributed by atoms with Crippen LogP contribution in [0.2, 0.25) is 0 Å².